The van der Waals surface area contributed by atoms with Crippen LogP contribution in [0.25, 0.3) is 0 Å². The van der Waals surface area contributed by atoms with Gasteiger partial charge in [-0.2, -0.15) is 0 Å². The van der Waals surface area contributed by atoms with Crippen LogP contribution < -0.4 is 4.90 Å². The standard InChI is InChI=1S/C17H26N6O/c1-13-19-15(16-12-21(3)9-10-24-16)11-17(20-13)22(4)7-8-23-6-5-18-14(23)2/h5-6,11,16H,7-10,12H2,1-4H3/t16-/m0/s1. The predicted molar refractivity (Wildman–Crippen MR) is 93.2 cm³/mol. The van der Waals surface area contributed by atoms with E-state index in [9.17, 15) is 0 Å². The van der Waals surface area contributed by atoms with Crippen molar-refractivity contribution >= 4 is 5.82 Å². The molecule has 1 aliphatic heterocycles. The van der Waals surface area contributed by atoms with Gasteiger partial charge in [0, 0.05) is 51.7 Å². The monoisotopic (exact) mass is 330 g/mol. The summed E-state index contributed by atoms with van der Waals surface area (Å²) in [5.74, 6) is 2.75. The Hall–Kier alpha value is -1.99. The minimum atomic E-state index is 0.0218. The number of hydrogen-bond donors (Lipinski definition) is 0. The Morgan fingerprint density at radius 3 is 2.88 bits per heavy atom. The highest BCUT2D eigenvalue weighted by Crippen LogP contribution is 2.23. The number of nitrogens with zero attached hydrogens (tertiary/aromatic N) is 6. The predicted octanol–water partition coefficient (Wildman–Crippen LogP) is 1.43. The van der Waals surface area contributed by atoms with Gasteiger partial charge in [0.15, 0.2) is 0 Å². The van der Waals surface area contributed by atoms with Crippen molar-refractivity contribution in [2.75, 3.05) is 45.2 Å². The van der Waals surface area contributed by atoms with E-state index in [1.807, 2.05) is 26.2 Å². The molecule has 1 atom stereocenters. The zero-order chi connectivity index (χ0) is 17.1. The molecule has 0 spiro atoms. The zero-order valence-corrected chi connectivity index (χ0v) is 14.9. The lowest BCUT2D eigenvalue weighted by atomic mass is 10.2. The lowest BCUT2D eigenvalue weighted by Crippen LogP contribution is -2.36. The second-order valence-electron chi connectivity index (χ2n) is 6.41. The molecule has 0 unspecified atom stereocenters. The van der Waals surface area contributed by atoms with Gasteiger partial charge in [0.1, 0.15) is 23.6 Å². The SMILES string of the molecule is Cc1nc([C@@H]2CN(C)CCO2)cc(N(C)CCn2ccnc2C)n1. The summed E-state index contributed by atoms with van der Waals surface area (Å²) in [6.07, 6.45) is 3.86. The van der Waals surface area contributed by atoms with Crippen LogP contribution >= 0.6 is 0 Å². The fraction of sp³-hybridized carbons (Fsp3) is 0.588. The fourth-order valence-electron chi connectivity index (χ4n) is 2.90. The van der Waals surface area contributed by atoms with Crippen LogP contribution in [0, 0.1) is 13.8 Å². The van der Waals surface area contributed by atoms with Crippen molar-refractivity contribution < 1.29 is 4.74 Å². The molecule has 1 saturated heterocycles. The van der Waals surface area contributed by atoms with Gasteiger partial charge in [0.2, 0.25) is 0 Å². The summed E-state index contributed by atoms with van der Waals surface area (Å²) in [6, 6.07) is 2.05. The molecule has 3 rings (SSSR count). The van der Waals surface area contributed by atoms with Crippen molar-refractivity contribution in [1.29, 1.82) is 0 Å². The number of likely N-dealkylation sites (N-methyl/N-ethyl adjacent to an activating group) is 2. The van der Waals surface area contributed by atoms with Gasteiger partial charge < -0.3 is 19.1 Å². The number of hydrogen-bond acceptors (Lipinski definition) is 6. The maximum absolute atomic E-state index is 5.90. The minimum absolute atomic E-state index is 0.0218. The zero-order valence-electron chi connectivity index (χ0n) is 14.9. The molecule has 1 aliphatic rings. The number of aryl methyl sites for hydroxylation is 2. The van der Waals surface area contributed by atoms with Crippen molar-refractivity contribution in [3.05, 3.63) is 35.8 Å². The highest BCUT2D eigenvalue weighted by Gasteiger charge is 2.22. The fourth-order valence-corrected chi connectivity index (χ4v) is 2.90. The van der Waals surface area contributed by atoms with E-state index in [0.29, 0.717) is 0 Å². The van der Waals surface area contributed by atoms with Crippen LogP contribution in [0.1, 0.15) is 23.4 Å². The van der Waals surface area contributed by atoms with Crippen LogP contribution in [0.2, 0.25) is 0 Å². The molecule has 130 valence electrons. The number of imidazole rings is 1. The lowest BCUT2D eigenvalue weighted by molar-refractivity contribution is -0.0232. The van der Waals surface area contributed by atoms with Gasteiger partial charge in [-0.3, -0.25) is 0 Å². The Morgan fingerprint density at radius 1 is 1.33 bits per heavy atom. The Labute approximate surface area is 143 Å². The largest absolute Gasteiger partial charge is 0.369 e. The second-order valence-corrected chi connectivity index (χ2v) is 6.41. The third-order valence-corrected chi connectivity index (χ3v) is 4.43. The van der Waals surface area contributed by atoms with Gasteiger partial charge in [-0.15, -0.1) is 0 Å². The van der Waals surface area contributed by atoms with E-state index in [-0.39, 0.29) is 6.10 Å². The molecule has 3 heterocycles. The van der Waals surface area contributed by atoms with E-state index in [1.165, 1.54) is 0 Å². The lowest BCUT2D eigenvalue weighted by Gasteiger charge is -2.30. The van der Waals surface area contributed by atoms with E-state index < -0.39 is 0 Å². The van der Waals surface area contributed by atoms with Gasteiger partial charge in [-0.25, -0.2) is 15.0 Å². The number of aromatic nitrogens is 4. The maximum atomic E-state index is 5.90. The van der Waals surface area contributed by atoms with Crippen molar-refractivity contribution in [3.8, 4) is 0 Å². The summed E-state index contributed by atoms with van der Waals surface area (Å²) in [6.45, 7) is 8.28. The second kappa shape index (κ2) is 7.27. The average molecular weight is 330 g/mol. The van der Waals surface area contributed by atoms with E-state index in [2.05, 4.69) is 49.5 Å². The van der Waals surface area contributed by atoms with Crippen LogP contribution in [0.4, 0.5) is 5.82 Å². The molecule has 0 N–H and O–H groups in total. The van der Waals surface area contributed by atoms with Crippen molar-refractivity contribution in [1.82, 2.24) is 24.4 Å². The van der Waals surface area contributed by atoms with Gasteiger partial charge in [0.05, 0.1) is 12.3 Å². The molecule has 0 aromatic carbocycles. The Kier molecular flexibility index (Phi) is 5.11. The van der Waals surface area contributed by atoms with Crippen molar-refractivity contribution in [3.63, 3.8) is 0 Å². The smallest absolute Gasteiger partial charge is 0.132 e. The van der Waals surface area contributed by atoms with Crippen LogP contribution in [0.15, 0.2) is 18.5 Å². The first-order valence-electron chi connectivity index (χ1n) is 8.37. The van der Waals surface area contributed by atoms with E-state index in [4.69, 9.17) is 4.74 Å². The van der Waals surface area contributed by atoms with Gasteiger partial charge in [0.25, 0.3) is 0 Å². The quantitative estimate of drug-likeness (QED) is 0.826. The minimum Gasteiger partial charge on any atom is -0.369 e. The molecule has 1 fully saturated rings. The highest BCUT2D eigenvalue weighted by molar-refractivity contribution is 5.39. The van der Waals surface area contributed by atoms with Gasteiger partial charge >= 0.3 is 0 Å². The van der Waals surface area contributed by atoms with E-state index in [1.54, 1.807) is 0 Å². The van der Waals surface area contributed by atoms with E-state index in [0.717, 1.165) is 55.9 Å². The van der Waals surface area contributed by atoms with E-state index >= 15 is 0 Å². The summed E-state index contributed by atoms with van der Waals surface area (Å²) in [7, 11) is 4.18. The van der Waals surface area contributed by atoms with Crippen molar-refractivity contribution in [2.24, 2.45) is 0 Å². The molecule has 2 aromatic heterocycles. The molecule has 0 radical (unpaired) electrons. The Morgan fingerprint density at radius 2 is 2.17 bits per heavy atom. The summed E-state index contributed by atoms with van der Waals surface area (Å²) >= 11 is 0. The molecule has 2 aromatic rings. The molecular formula is C17H26N6O. The normalized spacial score (nSPS) is 18.8. The highest BCUT2D eigenvalue weighted by atomic mass is 16.5. The van der Waals surface area contributed by atoms with Crippen LogP contribution in [-0.2, 0) is 11.3 Å². The third kappa shape index (κ3) is 3.91. The first-order chi connectivity index (χ1) is 11.5. The Balaban J connectivity index is 1.71. The topological polar surface area (TPSA) is 59.3 Å². The molecule has 0 amide bonds. The van der Waals surface area contributed by atoms with Crippen LogP contribution in [-0.4, -0.2) is 64.8 Å². The van der Waals surface area contributed by atoms with Crippen molar-refractivity contribution in [2.45, 2.75) is 26.5 Å². The number of anilines is 1. The number of morpholine rings is 1. The third-order valence-electron chi connectivity index (χ3n) is 4.43. The molecule has 0 aliphatic carbocycles. The summed E-state index contributed by atoms with van der Waals surface area (Å²) in [5, 5.41) is 0. The molecule has 0 bridgehead atoms. The number of rotatable bonds is 5. The van der Waals surface area contributed by atoms with Gasteiger partial charge in [-0.1, -0.05) is 0 Å². The molecule has 7 nitrogen and oxygen atoms in total. The summed E-state index contributed by atoms with van der Waals surface area (Å²) in [4.78, 5) is 17.9. The molecule has 7 heteroatoms. The van der Waals surface area contributed by atoms with Gasteiger partial charge in [-0.05, 0) is 20.9 Å². The summed E-state index contributed by atoms with van der Waals surface area (Å²) < 4.78 is 8.04. The summed E-state index contributed by atoms with van der Waals surface area (Å²) in [5.41, 5.74) is 0.967. The van der Waals surface area contributed by atoms with Crippen LogP contribution in [0.5, 0.6) is 0 Å². The molecular weight excluding hydrogens is 304 g/mol. The Bertz CT molecular complexity index is 685. The molecule has 24 heavy (non-hydrogen) atoms. The average Bonchev–Trinajstić information content (AvgIpc) is 2.97. The maximum Gasteiger partial charge on any atom is 0.132 e. The first kappa shape index (κ1) is 16.9. The van der Waals surface area contributed by atoms with Crippen LogP contribution in [0.3, 0.4) is 0 Å². The number of ether oxygens (including phenoxy) is 1. The first-order valence-corrected chi connectivity index (χ1v) is 8.37. The molecule has 0 saturated carbocycles.